The van der Waals surface area contributed by atoms with Crippen molar-refractivity contribution in [3.05, 3.63) is 41.2 Å². The van der Waals surface area contributed by atoms with Crippen molar-refractivity contribution in [1.29, 1.82) is 0 Å². The van der Waals surface area contributed by atoms with Gasteiger partial charge in [-0.15, -0.1) is 0 Å². The van der Waals surface area contributed by atoms with Crippen molar-refractivity contribution >= 4 is 39.7 Å². The molecule has 0 bridgehead atoms. The molecular formula is C27H31F2N5O3S. The fraction of sp³-hybridized carbons (Fsp3) is 0.481. The third-order valence-corrected chi connectivity index (χ3v) is 8.19. The van der Waals surface area contributed by atoms with E-state index in [4.69, 9.17) is 31.4 Å². The molecule has 1 aliphatic carbocycles. The summed E-state index contributed by atoms with van der Waals surface area (Å²) in [6.45, 7) is 4.18. The SMILES string of the molecule is COc1cc(OC)c(F)c(N2Cc3cnc4[nH]c(CN5CCOCC5)cc4c3N(C3CCCC3)C2=S)c1F. The summed E-state index contributed by atoms with van der Waals surface area (Å²) in [6.07, 6.45) is 5.86. The molecule has 1 saturated carbocycles. The number of methoxy groups -OCH3 is 2. The van der Waals surface area contributed by atoms with Crippen LogP contribution in [0.5, 0.6) is 11.5 Å². The van der Waals surface area contributed by atoms with Gasteiger partial charge in [0.15, 0.2) is 28.2 Å². The first-order chi connectivity index (χ1) is 18.5. The van der Waals surface area contributed by atoms with Gasteiger partial charge >= 0.3 is 0 Å². The Bertz CT molecular complexity index is 1340. The minimum absolute atomic E-state index is 0.105. The van der Waals surface area contributed by atoms with E-state index in [-0.39, 0.29) is 29.8 Å². The van der Waals surface area contributed by atoms with Gasteiger partial charge < -0.3 is 29.0 Å². The highest BCUT2D eigenvalue weighted by Crippen LogP contribution is 2.44. The number of ether oxygens (including phenoxy) is 3. The molecule has 38 heavy (non-hydrogen) atoms. The third-order valence-electron chi connectivity index (χ3n) is 7.78. The summed E-state index contributed by atoms with van der Waals surface area (Å²) in [5.74, 6) is -1.84. The standard InChI is InChI=1S/C27H31F2N5O3S/c1-35-20-12-21(36-2)23(29)25(22(20)28)33-14-16-13-30-26-19(11-17(31-26)15-32-7-9-37-10-8-32)24(16)34(27(33)38)18-5-3-4-6-18/h11-13,18H,3-10,14-15H2,1-2H3,(H,30,31). The highest BCUT2D eigenvalue weighted by atomic mass is 32.1. The highest BCUT2D eigenvalue weighted by molar-refractivity contribution is 7.80. The van der Waals surface area contributed by atoms with Crippen LogP contribution in [-0.2, 0) is 17.8 Å². The van der Waals surface area contributed by atoms with E-state index >= 15 is 8.78 Å². The average Bonchev–Trinajstić information content (AvgIpc) is 3.60. The minimum atomic E-state index is -0.813. The van der Waals surface area contributed by atoms with Crippen LogP contribution in [0.25, 0.3) is 11.0 Å². The molecule has 11 heteroatoms. The zero-order chi connectivity index (χ0) is 26.4. The van der Waals surface area contributed by atoms with E-state index in [2.05, 4.69) is 20.9 Å². The topological polar surface area (TPSA) is 66.1 Å². The minimum Gasteiger partial charge on any atom is -0.493 e. The number of anilines is 2. The van der Waals surface area contributed by atoms with Crippen molar-refractivity contribution in [2.45, 2.75) is 44.8 Å². The maximum Gasteiger partial charge on any atom is 0.192 e. The third kappa shape index (κ3) is 4.26. The number of nitrogens with one attached hydrogen (secondary N) is 1. The molecule has 4 heterocycles. The number of thiocarbonyl (C=S) groups is 1. The van der Waals surface area contributed by atoms with E-state index < -0.39 is 11.6 Å². The molecule has 1 saturated heterocycles. The van der Waals surface area contributed by atoms with E-state index in [1.54, 1.807) is 6.20 Å². The van der Waals surface area contributed by atoms with E-state index in [0.717, 1.165) is 86.5 Å². The van der Waals surface area contributed by atoms with Gasteiger partial charge in [-0.1, -0.05) is 12.8 Å². The smallest absolute Gasteiger partial charge is 0.192 e. The van der Waals surface area contributed by atoms with Crippen molar-refractivity contribution in [3.63, 3.8) is 0 Å². The number of halogens is 2. The van der Waals surface area contributed by atoms with Crippen molar-refractivity contribution < 1.29 is 23.0 Å². The summed E-state index contributed by atoms with van der Waals surface area (Å²) in [5, 5.41) is 1.34. The normalized spacial score (nSPS) is 18.9. The Morgan fingerprint density at radius 2 is 1.74 bits per heavy atom. The van der Waals surface area contributed by atoms with Crippen LogP contribution < -0.4 is 19.3 Å². The Kier molecular flexibility index (Phi) is 6.83. The maximum absolute atomic E-state index is 15.6. The molecule has 202 valence electrons. The molecule has 0 spiro atoms. The first kappa shape index (κ1) is 25.3. The summed E-state index contributed by atoms with van der Waals surface area (Å²) >= 11 is 6.01. The van der Waals surface area contributed by atoms with Crippen LogP contribution in [0.4, 0.5) is 20.2 Å². The van der Waals surface area contributed by atoms with Crippen LogP contribution in [0.2, 0.25) is 0 Å². The molecule has 6 rings (SSSR count). The Labute approximate surface area is 225 Å². The van der Waals surface area contributed by atoms with Crippen LogP contribution >= 0.6 is 12.2 Å². The predicted molar refractivity (Wildman–Crippen MR) is 145 cm³/mol. The lowest BCUT2D eigenvalue weighted by Gasteiger charge is -2.43. The second-order valence-electron chi connectivity index (χ2n) is 10.0. The van der Waals surface area contributed by atoms with E-state index in [1.165, 1.54) is 25.2 Å². The Balaban J connectivity index is 1.46. The van der Waals surface area contributed by atoms with Crippen molar-refractivity contribution in [2.24, 2.45) is 0 Å². The molecule has 2 aliphatic heterocycles. The van der Waals surface area contributed by atoms with Crippen molar-refractivity contribution in [2.75, 3.05) is 50.3 Å². The summed E-state index contributed by atoms with van der Waals surface area (Å²) in [5.41, 5.74) is 3.41. The number of hydrogen-bond acceptors (Lipinski definition) is 6. The van der Waals surface area contributed by atoms with E-state index in [1.807, 2.05) is 0 Å². The summed E-state index contributed by atoms with van der Waals surface area (Å²) in [4.78, 5) is 14.1. The van der Waals surface area contributed by atoms with Gasteiger partial charge in [-0.2, -0.15) is 0 Å². The van der Waals surface area contributed by atoms with E-state index in [0.29, 0.717) is 5.11 Å². The molecule has 3 aromatic rings. The highest BCUT2D eigenvalue weighted by Gasteiger charge is 2.39. The number of nitrogens with zero attached hydrogens (tertiary/aromatic N) is 4. The molecule has 1 N–H and O–H groups in total. The lowest BCUT2D eigenvalue weighted by molar-refractivity contribution is 0.0337. The Morgan fingerprint density at radius 3 is 2.39 bits per heavy atom. The zero-order valence-electron chi connectivity index (χ0n) is 21.6. The summed E-state index contributed by atoms with van der Waals surface area (Å²) in [7, 11) is 2.69. The van der Waals surface area contributed by atoms with Gasteiger partial charge in [0, 0.05) is 54.6 Å². The van der Waals surface area contributed by atoms with Crippen LogP contribution in [-0.4, -0.2) is 66.5 Å². The molecule has 3 aliphatic rings. The molecule has 1 aromatic carbocycles. The first-order valence-corrected chi connectivity index (χ1v) is 13.4. The molecule has 0 atom stereocenters. The second kappa shape index (κ2) is 10.3. The van der Waals surface area contributed by atoms with Crippen molar-refractivity contribution in [1.82, 2.24) is 14.9 Å². The van der Waals surface area contributed by atoms with Crippen LogP contribution in [0.15, 0.2) is 18.3 Å². The lowest BCUT2D eigenvalue weighted by Crippen LogP contribution is -2.51. The number of aromatic amines is 1. The van der Waals surface area contributed by atoms with E-state index in [9.17, 15) is 0 Å². The van der Waals surface area contributed by atoms with Gasteiger partial charge in [-0.05, 0) is 31.1 Å². The molecular weight excluding hydrogens is 512 g/mol. The van der Waals surface area contributed by atoms with Gasteiger partial charge in [0.2, 0.25) is 0 Å². The lowest BCUT2D eigenvalue weighted by atomic mass is 10.0. The summed E-state index contributed by atoms with van der Waals surface area (Å²) in [6, 6.07) is 3.49. The number of aromatic nitrogens is 2. The Morgan fingerprint density at radius 1 is 1.05 bits per heavy atom. The molecule has 2 aromatic heterocycles. The van der Waals surface area contributed by atoms with Gasteiger partial charge in [-0.3, -0.25) is 4.90 Å². The van der Waals surface area contributed by atoms with Crippen LogP contribution in [0.3, 0.4) is 0 Å². The quantitative estimate of drug-likeness (QED) is 0.447. The van der Waals surface area contributed by atoms with Gasteiger partial charge in [0.1, 0.15) is 11.3 Å². The number of hydrogen-bond donors (Lipinski definition) is 1. The maximum atomic E-state index is 15.6. The van der Waals surface area contributed by atoms with Gasteiger partial charge in [0.05, 0.1) is 39.7 Å². The largest absolute Gasteiger partial charge is 0.493 e. The molecule has 0 amide bonds. The zero-order valence-corrected chi connectivity index (χ0v) is 22.4. The monoisotopic (exact) mass is 543 g/mol. The van der Waals surface area contributed by atoms with Crippen molar-refractivity contribution in [3.8, 4) is 11.5 Å². The van der Waals surface area contributed by atoms with Gasteiger partial charge in [-0.25, -0.2) is 13.8 Å². The molecule has 0 radical (unpaired) electrons. The summed E-state index contributed by atoms with van der Waals surface area (Å²) < 4.78 is 47.1. The molecule has 2 fully saturated rings. The fourth-order valence-electron chi connectivity index (χ4n) is 5.89. The van der Waals surface area contributed by atoms with Crippen LogP contribution in [0, 0.1) is 11.6 Å². The second-order valence-corrected chi connectivity index (χ2v) is 10.4. The number of H-pyrrole nitrogens is 1. The van der Waals surface area contributed by atoms with Crippen LogP contribution in [0.1, 0.15) is 36.9 Å². The molecule has 8 nitrogen and oxygen atoms in total. The number of benzene rings is 1. The van der Waals surface area contributed by atoms with Gasteiger partial charge in [0.25, 0.3) is 0 Å². The molecule has 0 unspecified atom stereocenters. The first-order valence-electron chi connectivity index (χ1n) is 13.0. The number of morpholine rings is 1. The average molecular weight is 544 g/mol. The number of pyridine rings is 1. The number of fused-ring (bicyclic) bond motifs is 3. The number of rotatable bonds is 6. The predicted octanol–water partition coefficient (Wildman–Crippen LogP) is 4.74. The Hall–Kier alpha value is -3.02. The fourth-order valence-corrected chi connectivity index (χ4v) is 6.29.